The molecule has 0 atom stereocenters. The molecule has 0 saturated carbocycles. The number of nitrogens with two attached hydrogens (primary N) is 1. The first-order chi connectivity index (χ1) is 9.45. The van der Waals surface area contributed by atoms with Crippen molar-refractivity contribution in [1.29, 1.82) is 0 Å². The maximum absolute atomic E-state index is 5.70. The summed E-state index contributed by atoms with van der Waals surface area (Å²) in [6.45, 7) is 6.11. The highest BCUT2D eigenvalue weighted by molar-refractivity contribution is 7.80. The van der Waals surface area contributed by atoms with Crippen LogP contribution in [0.5, 0.6) is 11.8 Å². The third-order valence-electron chi connectivity index (χ3n) is 2.82. The average molecular weight is 287 g/mol. The first-order valence-electron chi connectivity index (χ1n) is 6.39. The first-order valence-corrected chi connectivity index (χ1v) is 6.80. The van der Waals surface area contributed by atoms with Crippen LogP contribution < -0.4 is 10.5 Å². The lowest BCUT2D eigenvalue weighted by molar-refractivity contribution is 0.439. The average Bonchev–Trinajstić information content (AvgIpc) is 2.38. The van der Waals surface area contributed by atoms with E-state index in [2.05, 4.69) is 29.9 Å². The molecule has 0 spiro atoms. The number of rotatable bonds is 4. The Kier molecular flexibility index (Phi) is 4.29. The van der Waals surface area contributed by atoms with Crippen LogP contribution in [-0.2, 0) is 0 Å². The van der Waals surface area contributed by atoms with Crippen LogP contribution in [0, 0.1) is 6.92 Å². The standard InChI is InChI=1S/C15H17N3OS/c1-9(2)11-5-4-6-12(8-11)19-15-17-10(3)7-13(18-15)14(16)20/h4-9H,1-3H3,(H2,16,20). The van der Waals surface area contributed by atoms with Gasteiger partial charge in [0.15, 0.2) is 0 Å². The van der Waals surface area contributed by atoms with Gasteiger partial charge in [-0.05, 0) is 36.6 Å². The van der Waals surface area contributed by atoms with Gasteiger partial charge >= 0.3 is 6.01 Å². The Balaban J connectivity index is 2.30. The number of hydrogen-bond donors (Lipinski definition) is 1. The highest BCUT2D eigenvalue weighted by atomic mass is 32.1. The molecular formula is C15H17N3OS. The molecule has 2 N–H and O–H groups in total. The highest BCUT2D eigenvalue weighted by Gasteiger charge is 2.08. The quantitative estimate of drug-likeness (QED) is 0.874. The summed E-state index contributed by atoms with van der Waals surface area (Å²) in [5.74, 6) is 1.14. The number of aryl methyl sites for hydroxylation is 1. The largest absolute Gasteiger partial charge is 0.424 e. The monoisotopic (exact) mass is 287 g/mol. The van der Waals surface area contributed by atoms with E-state index >= 15 is 0 Å². The Morgan fingerprint density at radius 3 is 2.65 bits per heavy atom. The number of thiocarbonyl (C=S) groups is 1. The Morgan fingerprint density at radius 1 is 1.25 bits per heavy atom. The molecule has 4 nitrogen and oxygen atoms in total. The van der Waals surface area contributed by atoms with Crippen molar-refractivity contribution in [3.05, 3.63) is 47.3 Å². The van der Waals surface area contributed by atoms with Gasteiger partial charge in [0.2, 0.25) is 0 Å². The molecule has 0 unspecified atom stereocenters. The summed E-state index contributed by atoms with van der Waals surface area (Å²) in [5, 5.41) is 0. The minimum absolute atomic E-state index is 0.233. The Morgan fingerprint density at radius 2 is 2.00 bits per heavy atom. The second-order valence-electron chi connectivity index (χ2n) is 4.87. The zero-order valence-electron chi connectivity index (χ0n) is 11.8. The predicted octanol–water partition coefficient (Wildman–Crippen LogP) is 3.33. The van der Waals surface area contributed by atoms with Crippen molar-refractivity contribution in [2.24, 2.45) is 5.73 Å². The summed E-state index contributed by atoms with van der Waals surface area (Å²) >= 11 is 4.93. The fourth-order valence-electron chi connectivity index (χ4n) is 1.76. The minimum Gasteiger partial charge on any atom is -0.424 e. The fraction of sp³-hybridized carbons (Fsp3) is 0.267. The molecule has 1 aromatic carbocycles. The predicted molar refractivity (Wildman–Crippen MR) is 83.3 cm³/mol. The van der Waals surface area contributed by atoms with Gasteiger partial charge in [0.1, 0.15) is 16.4 Å². The van der Waals surface area contributed by atoms with Crippen LogP contribution in [0.2, 0.25) is 0 Å². The number of nitrogens with zero attached hydrogens (tertiary/aromatic N) is 2. The van der Waals surface area contributed by atoms with E-state index in [1.165, 1.54) is 5.56 Å². The molecule has 0 radical (unpaired) electrons. The van der Waals surface area contributed by atoms with Gasteiger partial charge in [0.25, 0.3) is 0 Å². The lowest BCUT2D eigenvalue weighted by atomic mass is 10.0. The van der Waals surface area contributed by atoms with E-state index < -0.39 is 0 Å². The molecule has 0 aliphatic rings. The van der Waals surface area contributed by atoms with Crippen molar-refractivity contribution < 1.29 is 4.74 Å². The highest BCUT2D eigenvalue weighted by Crippen LogP contribution is 2.23. The van der Waals surface area contributed by atoms with E-state index in [9.17, 15) is 0 Å². The van der Waals surface area contributed by atoms with Crippen molar-refractivity contribution >= 4 is 17.2 Å². The van der Waals surface area contributed by atoms with Crippen LogP contribution in [0.4, 0.5) is 0 Å². The van der Waals surface area contributed by atoms with Gasteiger partial charge in [-0.3, -0.25) is 0 Å². The van der Waals surface area contributed by atoms with Gasteiger partial charge in [-0.2, -0.15) is 4.98 Å². The van der Waals surface area contributed by atoms with Gasteiger partial charge in [-0.25, -0.2) is 4.98 Å². The van der Waals surface area contributed by atoms with E-state index in [4.69, 9.17) is 22.7 Å². The van der Waals surface area contributed by atoms with E-state index in [0.29, 0.717) is 17.4 Å². The molecule has 20 heavy (non-hydrogen) atoms. The van der Waals surface area contributed by atoms with Crippen molar-refractivity contribution in [3.8, 4) is 11.8 Å². The van der Waals surface area contributed by atoms with Gasteiger partial charge in [-0.15, -0.1) is 0 Å². The second-order valence-corrected chi connectivity index (χ2v) is 5.31. The summed E-state index contributed by atoms with van der Waals surface area (Å²) in [6.07, 6.45) is 0. The van der Waals surface area contributed by atoms with Crippen molar-refractivity contribution in [3.63, 3.8) is 0 Å². The number of ether oxygens (including phenoxy) is 1. The van der Waals surface area contributed by atoms with Gasteiger partial charge in [-0.1, -0.05) is 38.2 Å². The van der Waals surface area contributed by atoms with Crippen LogP contribution in [0.25, 0.3) is 0 Å². The lowest BCUT2D eigenvalue weighted by Gasteiger charge is -2.09. The van der Waals surface area contributed by atoms with Crippen molar-refractivity contribution in [1.82, 2.24) is 9.97 Å². The minimum atomic E-state index is 0.233. The summed E-state index contributed by atoms with van der Waals surface area (Å²) in [5.41, 5.74) is 8.07. The number of hydrogen-bond acceptors (Lipinski definition) is 4. The van der Waals surface area contributed by atoms with E-state index in [1.54, 1.807) is 6.07 Å². The van der Waals surface area contributed by atoms with Gasteiger partial charge in [0, 0.05) is 5.69 Å². The topological polar surface area (TPSA) is 61.0 Å². The molecular weight excluding hydrogens is 270 g/mol. The lowest BCUT2D eigenvalue weighted by Crippen LogP contribution is -2.13. The van der Waals surface area contributed by atoms with E-state index in [1.807, 2.05) is 25.1 Å². The molecule has 0 bridgehead atoms. The Labute approximate surface area is 124 Å². The summed E-state index contributed by atoms with van der Waals surface area (Å²) < 4.78 is 5.70. The zero-order valence-corrected chi connectivity index (χ0v) is 12.6. The smallest absolute Gasteiger partial charge is 0.322 e. The molecule has 5 heteroatoms. The van der Waals surface area contributed by atoms with Crippen LogP contribution in [0.1, 0.15) is 36.7 Å². The maximum atomic E-state index is 5.70. The molecule has 0 fully saturated rings. The molecule has 2 aromatic rings. The molecule has 0 aliphatic carbocycles. The Hall–Kier alpha value is -2.01. The number of benzene rings is 1. The molecule has 104 valence electrons. The van der Waals surface area contributed by atoms with Crippen molar-refractivity contribution in [2.45, 2.75) is 26.7 Å². The van der Waals surface area contributed by atoms with Gasteiger partial charge < -0.3 is 10.5 Å². The fourth-order valence-corrected chi connectivity index (χ4v) is 1.86. The Bertz CT molecular complexity index is 641. The second kappa shape index (κ2) is 5.96. The summed E-state index contributed by atoms with van der Waals surface area (Å²) in [7, 11) is 0. The third-order valence-corrected chi connectivity index (χ3v) is 3.03. The van der Waals surface area contributed by atoms with Crippen LogP contribution in [0.3, 0.4) is 0 Å². The SMILES string of the molecule is Cc1cc(C(N)=S)nc(Oc2cccc(C(C)C)c2)n1. The zero-order chi connectivity index (χ0) is 14.7. The summed E-state index contributed by atoms with van der Waals surface area (Å²) in [6, 6.07) is 9.87. The van der Waals surface area contributed by atoms with Crippen molar-refractivity contribution in [2.75, 3.05) is 0 Å². The van der Waals surface area contributed by atoms with Crippen LogP contribution in [-0.4, -0.2) is 15.0 Å². The molecule has 1 aromatic heterocycles. The summed E-state index contributed by atoms with van der Waals surface area (Å²) in [4.78, 5) is 8.67. The van der Waals surface area contributed by atoms with E-state index in [-0.39, 0.29) is 11.0 Å². The van der Waals surface area contributed by atoms with E-state index in [0.717, 1.165) is 5.69 Å². The molecule has 0 aliphatic heterocycles. The normalized spacial score (nSPS) is 10.6. The number of aromatic nitrogens is 2. The molecule has 1 heterocycles. The molecule has 0 amide bonds. The molecule has 0 saturated heterocycles. The molecule has 2 rings (SSSR count). The van der Waals surface area contributed by atoms with Crippen LogP contribution in [0.15, 0.2) is 30.3 Å². The van der Waals surface area contributed by atoms with Crippen LogP contribution >= 0.6 is 12.2 Å². The van der Waals surface area contributed by atoms with Gasteiger partial charge in [0.05, 0.1) is 0 Å². The maximum Gasteiger partial charge on any atom is 0.322 e. The third kappa shape index (κ3) is 3.51. The first kappa shape index (κ1) is 14.4.